The minimum atomic E-state index is -4.67. The standard InChI is InChI=1S/C15H17N3S.H2O4S/c16-10-11-19-15(17)18-14-9-5-4-8-13(14)12-6-2-1-3-7-12;1-5(2,3)4/h1-9H,10-11,16H2,(H2,17,18);(H2,1,2,3,4). The molecule has 6 N–H and O–H groups in total. The first-order valence-electron chi connectivity index (χ1n) is 6.82. The SMILES string of the molecule is NCCSC(N)=Nc1ccccc1-c1ccccc1.O=S(=O)(O)O. The molecule has 0 unspecified atom stereocenters. The van der Waals surface area contributed by atoms with E-state index in [1.54, 1.807) is 0 Å². The number of hydrogen-bond donors (Lipinski definition) is 4. The molecule has 9 heteroatoms. The van der Waals surface area contributed by atoms with Gasteiger partial charge >= 0.3 is 10.4 Å². The predicted molar refractivity (Wildman–Crippen MR) is 98.9 cm³/mol. The van der Waals surface area contributed by atoms with Gasteiger partial charge < -0.3 is 11.5 Å². The maximum absolute atomic E-state index is 8.74. The molecule has 2 rings (SSSR count). The van der Waals surface area contributed by atoms with Crippen LogP contribution in [0.15, 0.2) is 59.6 Å². The summed E-state index contributed by atoms with van der Waals surface area (Å²) in [7, 11) is -4.67. The van der Waals surface area contributed by atoms with Gasteiger partial charge in [-0.15, -0.1) is 0 Å². The van der Waals surface area contributed by atoms with Crippen LogP contribution in [0, 0.1) is 0 Å². The summed E-state index contributed by atoms with van der Waals surface area (Å²) in [6.07, 6.45) is 0. The first kappa shape index (κ1) is 20.1. The van der Waals surface area contributed by atoms with Crippen LogP contribution in [0.2, 0.25) is 0 Å². The van der Waals surface area contributed by atoms with E-state index in [1.807, 2.05) is 36.4 Å². The quantitative estimate of drug-likeness (QED) is 0.368. The van der Waals surface area contributed by atoms with E-state index in [2.05, 4.69) is 23.2 Å². The summed E-state index contributed by atoms with van der Waals surface area (Å²) in [6, 6.07) is 18.2. The van der Waals surface area contributed by atoms with Crippen LogP contribution < -0.4 is 11.5 Å². The highest BCUT2D eigenvalue weighted by Gasteiger charge is 2.03. The normalized spacial score (nSPS) is 11.5. The van der Waals surface area contributed by atoms with Crippen molar-refractivity contribution in [2.24, 2.45) is 16.5 Å². The molecule has 130 valence electrons. The van der Waals surface area contributed by atoms with Gasteiger partial charge in [0.1, 0.15) is 0 Å². The van der Waals surface area contributed by atoms with Gasteiger partial charge in [-0.05, 0) is 11.6 Å². The van der Waals surface area contributed by atoms with E-state index in [1.165, 1.54) is 11.8 Å². The number of para-hydroxylation sites is 1. The van der Waals surface area contributed by atoms with E-state index in [0.717, 1.165) is 22.6 Å². The molecule has 0 spiro atoms. The number of nitrogens with zero attached hydrogens (tertiary/aromatic N) is 1. The third kappa shape index (κ3) is 8.65. The molecule has 0 amide bonds. The fraction of sp³-hybridized carbons (Fsp3) is 0.133. The molecule has 0 fully saturated rings. The molecule has 0 aromatic heterocycles. The van der Waals surface area contributed by atoms with Gasteiger partial charge in [-0.25, -0.2) is 4.99 Å². The summed E-state index contributed by atoms with van der Waals surface area (Å²) in [5, 5.41) is 0.550. The van der Waals surface area contributed by atoms with Crippen molar-refractivity contribution >= 4 is 33.0 Å². The van der Waals surface area contributed by atoms with Crippen molar-refractivity contribution in [2.75, 3.05) is 12.3 Å². The highest BCUT2D eigenvalue weighted by atomic mass is 32.3. The lowest BCUT2D eigenvalue weighted by Gasteiger charge is -2.06. The number of amidine groups is 1. The van der Waals surface area contributed by atoms with Crippen molar-refractivity contribution in [2.45, 2.75) is 0 Å². The molecular formula is C15H19N3O4S2. The summed E-state index contributed by atoms with van der Waals surface area (Å²) in [4.78, 5) is 4.47. The minimum Gasteiger partial charge on any atom is -0.378 e. The van der Waals surface area contributed by atoms with E-state index >= 15 is 0 Å². The van der Waals surface area contributed by atoms with Crippen LogP contribution in [-0.2, 0) is 10.4 Å². The fourth-order valence-corrected chi connectivity index (χ4v) is 2.24. The first-order valence-corrected chi connectivity index (χ1v) is 9.21. The highest BCUT2D eigenvalue weighted by molar-refractivity contribution is 8.13. The Labute approximate surface area is 145 Å². The lowest BCUT2D eigenvalue weighted by molar-refractivity contribution is 0.381. The Bertz CT molecular complexity index is 757. The highest BCUT2D eigenvalue weighted by Crippen LogP contribution is 2.30. The maximum atomic E-state index is 8.74. The molecule has 0 saturated carbocycles. The molecule has 24 heavy (non-hydrogen) atoms. The Morgan fingerprint density at radius 2 is 1.58 bits per heavy atom. The van der Waals surface area contributed by atoms with Crippen molar-refractivity contribution in [1.82, 2.24) is 0 Å². The summed E-state index contributed by atoms with van der Waals surface area (Å²) in [6.45, 7) is 0.598. The average Bonchev–Trinajstić information content (AvgIpc) is 2.53. The zero-order chi connectivity index (χ0) is 18.0. The molecule has 0 bridgehead atoms. The van der Waals surface area contributed by atoms with Gasteiger partial charge in [0.05, 0.1) is 5.69 Å². The van der Waals surface area contributed by atoms with E-state index in [4.69, 9.17) is 29.0 Å². The van der Waals surface area contributed by atoms with Gasteiger partial charge in [0.15, 0.2) is 5.17 Å². The smallest absolute Gasteiger partial charge is 0.378 e. The molecule has 0 heterocycles. The monoisotopic (exact) mass is 369 g/mol. The number of thioether (sulfide) groups is 1. The molecule has 7 nitrogen and oxygen atoms in total. The molecule has 0 aliphatic heterocycles. The summed E-state index contributed by atoms with van der Waals surface area (Å²) >= 11 is 1.48. The van der Waals surface area contributed by atoms with Crippen LogP contribution in [0.3, 0.4) is 0 Å². The van der Waals surface area contributed by atoms with Crippen LogP contribution in [0.5, 0.6) is 0 Å². The second-order valence-electron chi connectivity index (χ2n) is 4.42. The lowest BCUT2D eigenvalue weighted by atomic mass is 10.0. The number of hydrogen-bond acceptors (Lipinski definition) is 5. The van der Waals surface area contributed by atoms with Crippen molar-refractivity contribution in [1.29, 1.82) is 0 Å². The average molecular weight is 369 g/mol. The topological polar surface area (TPSA) is 139 Å². The van der Waals surface area contributed by atoms with Crippen LogP contribution in [0.1, 0.15) is 0 Å². The third-order valence-corrected chi connectivity index (χ3v) is 3.41. The van der Waals surface area contributed by atoms with Crippen LogP contribution >= 0.6 is 11.8 Å². The van der Waals surface area contributed by atoms with Crippen molar-refractivity contribution in [3.63, 3.8) is 0 Å². The van der Waals surface area contributed by atoms with Crippen molar-refractivity contribution in [3.05, 3.63) is 54.6 Å². The summed E-state index contributed by atoms with van der Waals surface area (Å²) in [5.74, 6) is 0.781. The fourth-order valence-electron chi connectivity index (χ4n) is 1.75. The van der Waals surface area contributed by atoms with Crippen molar-refractivity contribution in [3.8, 4) is 11.1 Å². The summed E-state index contributed by atoms with van der Waals surface area (Å²) in [5.41, 5.74) is 14.5. The Hall–Kier alpha value is -1.91. The number of aliphatic imine (C=N–C) groups is 1. The van der Waals surface area contributed by atoms with E-state index < -0.39 is 10.4 Å². The zero-order valence-corrected chi connectivity index (χ0v) is 14.4. The Balaban J connectivity index is 0.000000505. The summed E-state index contributed by atoms with van der Waals surface area (Å²) < 4.78 is 31.6. The van der Waals surface area contributed by atoms with Gasteiger partial charge in [-0.2, -0.15) is 8.42 Å². The van der Waals surface area contributed by atoms with Crippen LogP contribution in [-0.4, -0.2) is 35.0 Å². The zero-order valence-electron chi connectivity index (χ0n) is 12.7. The molecule has 2 aromatic carbocycles. The molecule has 0 atom stereocenters. The van der Waals surface area contributed by atoms with E-state index in [-0.39, 0.29) is 0 Å². The lowest BCUT2D eigenvalue weighted by Crippen LogP contribution is -2.11. The molecule has 0 radical (unpaired) electrons. The maximum Gasteiger partial charge on any atom is 0.394 e. The Kier molecular flexibility index (Phi) is 8.44. The molecule has 0 aliphatic carbocycles. The largest absolute Gasteiger partial charge is 0.394 e. The van der Waals surface area contributed by atoms with Gasteiger partial charge in [0.2, 0.25) is 0 Å². The number of nitrogens with two attached hydrogens (primary N) is 2. The number of benzene rings is 2. The predicted octanol–water partition coefficient (Wildman–Crippen LogP) is 2.34. The second-order valence-corrected chi connectivity index (χ2v) is 6.43. The molecule has 0 aliphatic rings. The minimum absolute atomic E-state index is 0.550. The Morgan fingerprint density at radius 3 is 2.17 bits per heavy atom. The van der Waals surface area contributed by atoms with Gasteiger partial charge in [-0.1, -0.05) is 60.3 Å². The van der Waals surface area contributed by atoms with Crippen LogP contribution in [0.4, 0.5) is 5.69 Å². The van der Waals surface area contributed by atoms with Gasteiger partial charge in [-0.3, -0.25) is 9.11 Å². The molecule has 0 saturated heterocycles. The van der Waals surface area contributed by atoms with Gasteiger partial charge in [0.25, 0.3) is 0 Å². The van der Waals surface area contributed by atoms with Gasteiger partial charge in [0, 0.05) is 17.9 Å². The second kappa shape index (κ2) is 10.1. The molecule has 2 aromatic rings. The molecular weight excluding hydrogens is 350 g/mol. The Morgan fingerprint density at radius 1 is 1.04 bits per heavy atom. The first-order chi connectivity index (χ1) is 11.3. The van der Waals surface area contributed by atoms with Crippen LogP contribution in [0.25, 0.3) is 11.1 Å². The van der Waals surface area contributed by atoms with E-state index in [0.29, 0.717) is 11.7 Å². The number of rotatable bonds is 4. The van der Waals surface area contributed by atoms with E-state index in [9.17, 15) is 0 Å². The van der Waals surface area contributed by atoms with Crippen molar-refractivity contribution < 1.29 is 17.5 Å². The third-order valence-electron chi connectivity index (χ3n) is 2.59.